The molecule has 1 amide bonds. The number of rotatable bonds is 9. The highest BCUT2D eigenvalue weighted by Gasteiger charge is 2.32. The SMILES string of the molecule is Cc1ccc(C(C)CCN2CCC(C(=O)N(C)Cc3cc(Cl)cc(-c4cc(-c5cc(C(F)(F)F)ccc5Cl)c(C#N)c(=O)[nH]4)c3O)CC2)o1. The van der Waals surface area contributed by atoms with Crippen LogP contribution in [0.5, 0.6) is 5.75 Å². The van der Waals surface area contributed by atoms with Crippen molar-refractivity contribution in [2.45, 2.75) is 51.7 Å². The summed E-state index contributed by atoms with van der Waals surface area (Å²) in [6.07, 6.45) is -2.37. The molecule has 8 nitrogen and oxygen atoms in total. The fraction of sp³-hybridized carbons (Fsp3) is 0.361. The number of nitrogens with zero attached hydrogens (tertiary/aromatic N) is 3. The Morgan fingerprint density at radius 3 is 2.47 bits per heavy atom. The number of piperidine rings is 1. The Bertz CT molecular complexity index is 1960. The van der Waals surface area contributed by atoms with Gasteiger partial charge in [-0.2, -0.15) is 18.4 Å². The zero-order valence-corrected chi connectivity index (χ0v) is 28.6. The number of carbonyl (C=O) groups excluding carboxylic acids is 1. The van der Waals surface area contributed by atoms with Crippen LogP contribution in [0.3, 0.4) is 0 Å². The minimum atomic E-state index is -4.70. The maximum atomic E-state index is 13.5. The van der Waals surface area contributed by atoms with Crippen LogP contribution in [-0.4, -0.2) is 52.5 Å². The van der Waals surface area contributed by atoms with Gasteiger partial charge in [-0.1, -0.05) is 30.1 Å². The van der Waals surface area contributed by atoms with Crippen LogP contribution in [0.15, 0.2) is 57.7 Å². The molecular weight excluding hydrogens is 680 g/mol. The lowest BCUT2D eigenvalue weighted by atomic mass is 9.94. The fourth-order valence-electron chi connectivity index (χ4n) is 6.20. The number of nitrogens with one attached hydrogen (secondary N) is 1. The summed E-state index contributed by atoms with van der Waals surface area (Å²) < 4.78 is 46.3. The molecule has 0 aliphatic carbocycles. The van der Waals surface area contributed by atoms with Crippen molar-refractivity contribution >= 4 is 29.1 Å². The molecular formula is C36H35Cl2F3N4O4. The molecule has 13 heteroatoms. The summed E-state index contributed by atoms with van der Waals surface area (Å²) in [7, 11) is 1.64. The normalized spacial score (nSPS) is 14.8. The molecule has 49 heavy (non-hydrogen) atoms. The zero-order valence-electron chi connectivity index (χ0n) is 27.1. The molecule has 1 saturated heterocycles. The predicted molar refractivity (Wildman–Crippen MR) is 181 cm³/mol. The lowest BCUT2D eigenvalue weighted by Gasteiger charge is -2.33. The second-order valence-corrected chi connectivity index (χ2v) is 13.4. The van der Waals surface area contributed by atoms with Crippen LogP contribution < -0.4 is 5.56 Å². The van der Waals surface area contributed by atoms with E-state index in [9.17, 15) is 33.1 Å². The molecule has 2 N–H and O–H groups in total. The Labute approximate surface area is 291 Å². The van der Waals surface area contributed by atoms with Gasteiger partial charge in [-0.25, -0.2) is 0 Å². The Balaban J connectivity index is 1.32. The molecule has 1 fully saturated rings. The van der Waals surface area contributed by atoms with Gasteiger partial charge in [0.05, 0.1) is 11.3 Å². The van der Waals surface area contributed by atoms with Gasteiger partial charge in [0.2, 0.25) is 5.91 Å². The van der Waals surface area contributed by atoms with Crippen molar-refractivity contribution in [3.63, 3.8) is 0 Å². The molecule has 4 aromatic rings. The zero-order chi connectivity index (χ0) is 35.6. The largest absolute Gasteiger partial charge is 0.507 e. The van der Waals surface area contributed by atoms with Gasteiger partial charge in [-0.15, -0.1) is 0 Å². The average Bonchev–Trinajstić information content (AvgIpc) is 3.50. The average molecular weight is 716 g/mol. The number of aromatic hydroxyl groups is 1. The van der Waals surface area contributed by atoms with Gasteiger partial charge in [-0.3, -0.25) is 9.59 Å². The maximum absolute atomic E-state index is 13.5. The van der Waals surface area contributed by atoms with Crippen LogP contribution in [0.4, 0.5) is 13.2 Å². The predicted octanol–water partition coefficient (Wildman–Crippen LogP) is 8.38. The third kappa shape index (κ3) is 8.15. The number of carbonyl (C=O) groups is 1. The van der Waals surface area contributed by atoms with E-state index in [4.69, 9.17) is 27.6 Å². The first kappa shape index (κ1) is 36.1. The van der Waals surface area contributed by atoms with Crippen molar-refractivity contribution in [3.8, 4) is 34.2 Å². The van der Waals surface area contributed by atoms with E-state index in [-0.39, 0.29) is 56.5 Å². The number of H-pyrrole nitrogens is 1. The summed E-state index contributed by atoms with van der Waals surface area (Å²) in [6.45, 7) is 6.54. The van der Waals surface area contributed by atoms with E-state index in [2.05, 4.69) is 16.8 Å². The number of aryl methyl sites for hydroxylation is 1. The first-order chi connectivity index (χ1) is 23.2. The van der Waals surface area contributed by atoms with E-state index in [0.717, 1.165) is 55.8 Å². The second-order valence-electron chi connectivity index (χ2n) is 12.5. The minimum absolute atomic E-state index is 0.00530. The first-order valence-electron chi connectivity index (χ1n) is 15.8. The van der Waals surface area contributed by atoms with Gasteiger partial charge in [0, 0.05) is 57.7 Å². The van der Waals surface area contributed by atoms with E-state index in [1.54, 1.807) is 13.1 Å². The Kier molecular flexibility index (Phi) is 10.8. The van der Waals surface area contributed by atoms with Crippen molar-refractivity contribution in [3.05, 3.63) is 97.1 Å². The number of likely N-dealkylation sites (tertiary alicyclic amines) is 1. The molecule has 1 unspecified atom stereocenters. The van der Waals surface area contributed by atoms with Gasteiger partial charge in [0.1, 0.15) is 28.9 Å². The van der Waals surface area contributed by atoms with Gasteiger partial charge < -0.3 is 24.3 Å². The molecule has 0 bridgehead atoms. The summed E-state index contributed by atoms with van der Waals surface area (Å²) in [5.41, 5.74) is -2.35. The molecule has 1 atom stereocenters. The summed E-state index contributed by atoms with van der Waals surface area (Å²) >= 11 is 12.7. The molecule has 3 heterocycles. The second kappa shape index (κ2) is 14.7. The number of hydrogen-bond donors (Lipinski definition) is 2. The van der Waals surface area contributed by atoms with Crippen LogP contribution in [-0.2, 0) is 17.5 Å². The van der Waals surface area contributed by atoms with Crippen LogP contribution in [0.1, 0.15) is 60.3 Å². The third-order valence-electron chi connectivity index (χ3n) is 9.02. The van der Waals surface area contributed by atoms with Crippen molar-refractivity contribution in [2.75, 3.05) is 26.7 Å². The molecule has 0 radical (unpaired) electrons. The standard InChI is InChI=1S/C36H35Cl2F3N4O4/c1-20(32-7-4-21(2)49-32)8-11-45-12-9-22(10-13-45)35(48)44(3)19-23-14-25(37)16-28(33(23)46)31-17-26(29(18-42)34(47)43-31)27-15-24(36(39,40)41)5-6-30(27)38/h4-7,14-17,20,22,46H,8-13,19H2,1-3H3,(H,43,47). The number of benzene rings is 2. The highest BCUT2D eigenvalue weighted by molar-refractivity contribution is 6.33. The van der Waals surface area contributed by atoms with E-state index in [0.29, 0.717) is 24.3 Å². The third-order valence-corrected chi connectivity index (χ3v) is 9.57. The van der Waals surface area contributed by atoms with Crippen molar-refractivity contribution in [2.24, 2.45) is 5.92 Å². The van der Waals surface area contributed by atoms with Gasteiger partial charge in [-0.05, 0) is 94.4 Å². The lowest BCUT2D eigenvalue weighted by molar-refractivity contribution is -0.137. The number of nitriles is 1. The van der Waals surface area contributed by atoms with Gasteiger partial charge in [0.15, 0.2) is 0 Å². The number of phenolic OH excluding ortho intramolecular Hbond substituents is 1. The minimum Gasteiger partial charge on any atom is -0.507 e. The molecule has 0 saturated carbocycles. The topological polar surface area (TPSA) is 114 Å². The lowest BCUT2D eigenvalue weighted by Crippen LogP contribution is -2.41. The van der Waals surface area contributed by atoms with Crippen molar-refractivity contribution in [1.82, 2.24) is 14.8 Å². The molecule has 2 aromatic carbocycles. The van der Waals surface area contributed by atoms with Crippen molar-refractivity contribution in [1.29, 1.82) is 5.26 Å². The summed E-state index contributed by atoms with van der Waals surface area (Å²) in [6, 6.07) is 12.5. The maximum Gasteiger partial charge on any atom is 0.416 e. The monoisotopic (exact) mass is 714 g/mol. The van der Waals surface area contributed by atoms with Gasteiger partial charge >= 0.3 is 6.18 Å². The molecule has 1 aliphatic heterocycles. The Hall–Kier alpha value is -4.24. The number of aromatic amines is 1. The number of furan rings is 1. The Morgan fingerprint density at radius 1 is 1.12 bits per heavy atom. The number of hydrogen-bond acceptors (Lipinski definition) is 6. The van der Waals surface area contributed by atoms with Crippen LogP contribution in [0.2, 0.25) is 10.0 Å². The van der Waals surface area contributed by atoms with Crippen LogP contribution in [0.25, 0.3) is 22.4 Å². The van der Waals surface area contributed by atoms with E-state index in [1.165, 1.54) is 23.1 Å². The smallest absolute Gasteiger partial charge is 0.416 e. The summed E-state index contributed by atoms with van der Waals surface area (Å²) in [5.74, 6) is 1.60. The van der Waals surface area contributed by atoms with Gasteiger partial charge in [0.25, 0.3) is 5.56 Å². The number of halogens is 5. The van der Waals surface area contributed by atoms with E-state index >= 15 is 0 Å². The molecule has 258 valence electrons. The van der Waals surface area contributed by atoms with Crippen LogP contribution >= 0.6 is 23.2 Å². The highest BCUT2D eigenvalue weighted by atomic mass is 35.5. The summed E-state index contributed by atoms with van der Waals surface area (Å²) in [4.78, 5) is 32.9. The Morgan fingerprint density at radius 2 is 1.84 bits per heavy atom. The number of alkyl halides is 3. The quantitative estimate of drug-likeness (QED) is 0.180. The summed E-state index contributed by atoms with van der Waals surface area (Å²) in [5, 5.41) is 21.1. The number of amides is 1. The number of phenols is 1. The highest BCUT2D eigenvalue weighted by Crippen LogP contribution is 2.40. The molecule has 1 aliphatic rings. The van der Waals surface area contributed by atoms with E-state index < -0.39 is 22.9 Å². The van der Waals surface area contributed by atoms with Crippen LogP contribution in [0, 0.1) is 24.2 Å². The first-order valence-corrected chi connectivity index (χ1v) is 16.5. The number of pyridine rings is 1. The fourth-order valence-corrected chi connectivity index (χ4v) is 6.66. The van der Waals surface area contributed by atoms with Crippen molar-refractivity contribution < 1.29 is 27.5 Å². The molecule has 5 rings (SSSR count). The molecule has 0 spiro atoms. The van der Waals surface area contributed by atoms with E-state index in [1.807, 2.05) is 19.1 Å². The number of aromatic nitrogens is 1. The molecule has 2 aromatic heterocycles.